The molecule has 49 heavy (non-hydrogen) atoms. The molecule has 1 aliphatic rings. The lowest BCUT2D eigenvalue weighted by atomic mass is 10.0. The molecule has 7 aromatic rings. The van der Waals surface area contributed by atoms with Gasteiger partial charge in [-0.25, -0.2) is 0 Å². The number of carbonyl (C=O) groups is 2. The quantitative estimate of drug-likeness (QED) is 0.135. The van der Waals surface area contributed by atoms with Crippen LogP contribution in [0.2, 0.25) is 0 Å². The van der Waals surface area contributed by atoms with Gasteiger partial charge in [-0.1, -0.05) is 126 Å². The van der Waals surface area contributed by atoms with Crippen molar-refractivity contribution in [2.45, 2.75) is 13.8 Å². The summed E-state index contributed by atoms with van der Waals surface area (Å²) in [5.41, 5.74) is 12.3. The highest BCUT2D eigenvalue weighted by Gasteiger charge is 2.32. The minimum atomic E-state index is -0.214. The normalized spacial score (nSPS) is 12.3. The minimum Gasteiger partial charge on any atom is -0.310 e. The zero-order valence-corrected chi connectivity index (χ0v) is 27.4. The van der Waals surface area contributed by atoms with E-state index in [4.69, 9.17) is 0 Å². The van der Waals surface area contributed by atoms with Gasteiger partial charge in [-0.2, -0.15) is 0 Å². The number of carbonyl (C=O) groups excluding carboxylic acids is 2. The molecule has 0 unspecified atom stereocenters. The molecular formula is C46H33NO2. The number of fused-ring (bicyclic) bond motifs is 2. The highest BCUT2D eigenvalue weighted by Crippen LogP contribution is 2.38. The molecule has 0 saturated carbocycles. The van der Waals surface area contributed by atoms with Crippen molar-refractivity contribution in [3.8, 4) is 22.3 Å². The second kappa shape index (κ2) is 12.4. The number of hydrogen-bond acceptors (Lipinski definition) is 3. The Morgan fingerprint density at radius 3 is 1.45 bits per heavy atom. The van der Waals surface area contributed by atoms with E-state index in [0.29, 0.717) is 11.1 Å². The topological polar surface area (TPSA) is 37.4 Å². The first-order chi connectivity index (χ1) is 23.9. The fourth-order valence-corrected chi connectivity index (χ4v) is 6.75. The standard InChI is InChI=1S/C46H33NO2/c1-30-7-5-9-35(25-30)33-15-20-39(21-16-33)47(40-22-17-34(18-23-40)36-10-6-8-31(2)26-36)41-24-19-37-27-32(13-14-38(37)29-41)28-44-45(48)42-11-3-4-12-43(42)46(44)49/h3-29H,1-2H3. The maximum Gasteiger partial charge on any atom is 0.197 e. The maximum absolute atomic E-state index is 13.0. The predicted octanol–water partition coefficient (Wildman–Crippen LogP) is 11.7. The van der Waals surface area contributed by atoms with E-state index in [1.54, 1.807) is 30.3 Å². The number of anilines is 3. The molecule has 1 aliphatic carbocycles. The van der Waals surface area contributed by atoms with Gasteiger partial charge in [0.25, 0.3) is 0 Å². The molecule has 8 rings (SSSR count). The molecule has 0 aliphatic heterocycles. The lowest BCUT2D eigenvalue weighted by Gasteiger charge is -2.26. The van der Waals surface area contributed by atoms with Crippen molar-refractivity contribution in [1.82, 2.24) is 0 Å². The first-order valence-corrected chi connectivity index (χ1v) is 16.5. The van der Waals surface area contributed by atoms with Crippen LogP contribution in [-0.2, 0) is 0 Å². The summed E-state index contributed by atoms with van der Waals surface area (Å²) in [4.78, 5) is 28.3. The summed E-state index contributed by atoms with van der Waals surface area (Å²) >= 11 is 0. The third-order valence-corrected chi connectivity index (χ3v) is 9.28. The van der Waals surface area contributed by atoms with Gasteiger partial charge < -0.3 is 4.90 Å². The molecule has 0 spiro atoms. The number of nitrogens with zero attached hydrogens (tertiary/aromatic N) is 1. The van der Waals surface area contributed by atoms with Crippen molar-refractivity contribution in [3.05, 3.63) is 191 Å². The van der Waals surface area contributed by atoms with E-state index in [1.807, 2.05) is 12.1 Å². The second-order valence-electron chi connectivity index (χ2n) is 12.7. The van der Waals surface area contributed by atoms with Gasteiger partial charge in [-0.3, -0.25) is 9.59 Å². The van der Waals surface area contributed by atoms with E-state index in [2.05, 4.69) is 140 Å². The fourth-order valence-electron chi connectivity index (χ4n) is 6.75. The smallest absolute Gasteiger partial charge is 0.197 e. The number of ketones is 2. The summed E-state index contributed by atoms with van der Waals surface area (Å²) in [6.07, 6.45) is 1.72. The molecule has 0 heterocycles. The number of aryl methyl sites for hydroxylation is 2. The van der Waals surface area contributed by atoms with Crippen molar-refractivity contribution in [1.29, 1.82) is 0 Å². The summed E-state index contributed by atoms with van der Waals surface area (Å²) in [6, 6.07) is 54.1. The largest absolute Gasteiger partial charge is 0.310 e. The van der Waals surface area contributed by atoms with E-state index in [0.717, 1.165) is 33.4 Å². The minimum absolute atomic E-state index is 0.214. The van der Waals surface area contributed by atoms with Gasteiger partial charge >= 0.3 is 0 Å². The summed E-state index contributed by atoms with van der Waals surface area (Å²) in [6.45, 7) is 4.23. The van der Waals surface area contributed by atoms with Gasteiger partial charge in [0.15, 0.2) is 11.6 Å². The second-order valence-corrected chi connectivity index (χ2v) is 12.7. The van der Waals surface area contributed by atoms with Crippen LogP contribution in [0.25, 0.3) is 39.1 Å². The average Bonchev–Trinajstić information content (AvgIpc) is 3.37. The van der Waals surface area contributed by atoms with Gasteiger partial charge in [0, 0.05) is 28.2 Å². The Morgan fingerprint density at radius 1 is 0.429 bits per heavy atom. The molecule has 3 heteroatoms. The monoisotopic (exact) mass is 631 g/mol. The van der Waals surface area contributed by atoms with Crippen LogP contribution >= 0.6 is 0 Å². The van der Waals surface area contributed by atoms with E-state index in [1.165, 1.54) is 33.4 Å². The number of hydrogen-bond donors (Lipinski definition) is 0. The summed E-state index contributed by atoms with van der Waals surface area (Å²) in [7, 11) is 0. The van der Waals surface area contributed by atoms with Crippen LogP contribution in [0.1, 0.15) is 37.4 Å². The number of benzene rings is 7. The maximum atomic E-state index is 13.0. The highest BCUT2D eigenvalue weighted by atomic mass is 16.2. The summed E-state index contributed by atoms with van der Waals surface area (Å²) in [5, 5.41) is 2.09. The Bertz CT molecular complexity index is 2310. The molecule has 0 saturated heterocycles. The lowest BCUT2D eigenvalue weighted by molar-refractivity contribution is 0.0990. The summed E-state index contributed by atoms with van der Waals surface area (Å²) in [5.74, 6) is -0.429. The fraction of sp³-hybridized carbons (Fsp3) is 0.0435. The molecule has 0 N–H and O–H groups in total. The third kappa shape index (κ3) is 5.77. The van der Waals surface area contributed by atoms with Gasteiger partial charge in [0.1, 0.15) is 0 Å². The zero-order valence-electron chi connectivity index (χ0n) is 27.4. The van der Waals surface area contributed by atoms with Crippen molar-refractivity contribution in [2.24, 2.45) is 0 Å². The van der Waals surface area contributed by atoms with Gasteiger partial charge in [0.05, 0.1) is 5.57 Å². The molecule has 0 amide bonds. The van der Waals surface area contributed by atoms with Crippen LogP contribution in [0, 0.1) is 13.8 Å². The van der Waals surface area contributed by atoms with Crippen molar-refractivity contribution >= 4 is 45.5 Å². The van der Waals surface area contributed by atoms with Crippen molar-refractivity contribution in [3.63, 3.8) is 0 Å². The first-order valence-electron chi connectivity index (χ1n) is 16.5. The number of rotatable bonds is 6. The van der Waals surface area contributed by atoms with E-state index in [9.17, 15) is 9.59 Å². The van der Waals surface area contributed by atoms with Gasteiger partial charge in [0.2, 0.25) is 0 Å². The van der Waals surface area contributed by atoms with E-state index >= 15 is 0 Å². The van der Waals surface area contributed by atoms with Crippen LogP contribution < -0.4 is 4.90 Å². The molecule has 7 aromatic carbocycles. The van der Waals surface area contributed by atoms with Crippen LogP contribution in [0.5, 0.6) is 0 Å². The Labute approximate surface area is 286 Å². The Kier molecular flexibility index (Phi) is 7.58. The number of Topliss-reactive ketones (excluding diaryl/α,β-unsaturated/α-hetero) is 2. The van der Waals surface area contributed by atoms with Gasteiger partial charge in [-0.15, -0.1) is 0 Å². The zero-order chi connectivity index (χ0) is 33.5. The first kappa shape index (κ1) is 30.0. The van der Waals surface area contributed by atoms with E-state index in [-0.39, 0.29) is 17.1 Å². The average molecular weight is 632 g/mol. The predicted molar refractivity (Wildman–Crippen MR) is 202 cm³/mol. The highest BCUT2D eigenvalue weighted by molar-refractivity contribution is 6.41. The molecule has 0 aromatic heterocycles. The van der Waals surface area contributed by atoms with Crippen LogP contribution in [-0.4, -0.2) is 11.6 Å². The molecule has 0 bridgehead atoms. The van der Waals surface area contributed by atoms with Gasteiger partial charge in [-0.05, 0) is 101 Å². The van der Waals surface area contributed by atoms with Crippen molar-refractivity contribution in [2.75, 3.05) is 4.90 Å². The molecule has 234 valence electrons. The Hall–Kier alpha value is -6.32. The molecule has 3 nitrogen and oxygen atoms in total. The lowest BCUT2D eigenvalue weighted by Crippen LogP contribution is -2.09. The van der Waals surface area contributed by atoms with E-state index < -0.39 is 0 Å². The van der Waals surface area contributed by atoms with Crippen LogP contribution in [0.4, 0.5) is 17.1 Å². The SMILES string of the molecule is Cc1cccc(-c2ccc(N(c3ccc(-c4cccc(C)c4)cc3)c3ccc4cc(C=C5C(=O)c6ccccc6C5=O)ccc4c3)cc2)c1. The Balaban J connectivity index is 1.17. The molecule has 0 fully saturated rings. The Morgan fingerprint density at radius 2 is 0.918 bits per heavy atom. The third-order valence-electron chi connectivity index (χ3n) is 9.28. The number of allylic oxidation sites excluding steroid dienone is 1. The van der Waals surface area contributed by atoms with Crippen LogP contribution in [0.3, 0.4) is 0 Å². The molecule has 0 atom stereocenters. The van der Waals surface area contributed by atoms with Crippen LogP contribution in [0.15, 0.2) is 163 Å². The molecular weight excluding hydrogens is 599 g/mol. The molecule has 0 radical (unpaired) electrons. The van der Waals surface area contributed by atoms with Crippen molar-refractivity contribution < 1.29 is 9.59 Å². The summed E-state index contributed by atoms with van der Waals surface area (Å²) < 4.78 is 0.